The molecule has 0 aliphatic carbocycles. The van der Waals surface area contributed by atoms with Gasteiger partial charge in [-0.1, -0.05) is 30.3 Å². The molecule has 3 unspecified atom stereocenters. The number of piperidine rings is 1. The molecule has 2 aliphatic rings. The van der Waals surface area contributed by atoms with E-state index in [0.29, 0.717) is 18.0 Å². The van der Waals surface area contributed by atoms with Crippen LogP contribution in [0.15, 0.2) is 60.9 Å². The van der Waals surface area contributed by atoms with E-state index in [9.17, 15) is 13.2 Å². The minimum absolute atomic E-state index is 0.00679. The van der Waals surface area contributed by atoms with Crippen LogP contribution in [0.2, 0.25) is 0 Å². The maximum atomic E-state index is 13.5. The summed E-state index contributed by atoms with van der Waals surface area (Å²) in [7, 11) is 0. The van der Waals surface area contributed by atoms with Gasteiger partial charge in [0.05, 0.1) is 24.4 Å². The van der Waals surface area contributed by atoms with E-state index < -0.39 is 12.0 Å². The van der Waals surface area contributed by atoms with Gasteiger partial charge in [0.2, 0.25) is 5.82 Å². The molecule has 1 aromatic heterocycles. The molecule has 0 amide bonds. The highest BCUT2D eigenvalue weighted by Gasteiger charge is 2.49. The Morgan fingerprint density at radius 2 is 1.97 bits per heavy atom. The third-order valence-corrected chi connectivity index (χ3v) is 6.92. The van der Waals surface area contributed by atoms with Gasteiger partial charge in [-0.2, -0.15) is 13.2 Å². The molecule has 5 rings (SSSR count). The van der Waals surface area contributed by atoms with Gasteiger partial charge in [0.25, 0.3) is 0 Å². The first-order chi connectivity index (χ1) is 16.8. The second kappa shape index (κ2) is 9.32. The summed E-state index contributed by atoms with van der Waals surface area (Å²) < 4.78 is 54.3. The predicted octanol–water partition coefficient (Wildman–Crippen LogP) is 6.05. The normalized spacial score (nSPS) is 24.9. The number of alkyl halides is 3. The van der Waals surface area contributed by atoms with Crippen LogP contribution in [0.1, 0.15) is 62.0 Å². The van der Waals surface area contributed by atoms with E-state index in [0.717, 1.165) is 35.9 Å². The van der Waals surface area contributed by atoms with E-state index in [2.05, 4.69) is 22.4 Å². The van der Waals surface area contributed by atoms with Gasteiger partial charge in [-0.05, 0) is 63.4 Å². The van der Waals surface area contributed by atoms with Crippen molar-refractivity contribution in [2.75, 3.05) is 13.2 Å². The quantitative estimate of drug-likeness (QED) is 0.478. The molecule has 2 aromatic carbocycles. The molecule has 2 aliphatic heterocycles. The number of imidazole rings is 1. The Bertz CT molecular complexity index is 1160. The Morgan fingerprint density at radius 3 is 2.71 bits per heavy atom. The number of aromatic nitrogens is 2. The summed E-state index contributed by atoms with van der Waals surface area (Å²) in [5, 5.41) is 3.65. The number of halogens is 3. The Balaban J connectivity index is 1.51. The van der Waals surface area contributed by atoms with Crippen molar-refractivity contribution in [2.24, 2.45) is 0 Å². The Morgan fingerprint density at radius 1 is 1.17 bits per heavy atom. The van der Waals surface area contributed by atoms with Crippen molar-refractivity contribution in [1.29, 1.82) is 0 Å². The van der Waals surface area contributed by atoms with Crippen molar-refractivity contribution >= 4 is 0 Å². The number of rotatable bonds is 5. The average Bonchev–Trinajstić information content (AvgIpc) is 3.48. The maximum absolute atomic E-state index is 13.5. The second-order valence-corrected chi connectivity index (χ2v) is 9.69. The van der Waals surface area contributed by atoms with E-state index in [-0.39, 0.29) is 23.7 Å². The maximum Gasteiger partial charge on any atom is 0.450 e. The number of nitrogens with one attached hydrogen (secondary N) is 1. The Labute approximate surface area is 203 Å². The lowest BCUT2D eigenvalue weighted by atomic mass is 9.77. The van der Waals surface area contributed by atoms with Crippen LogP contribution < -0.4 is 10.1 Å². The van der Waals surface area contributed by atoms with Gasteiger partial charge >= 0.3 is 6.18 Å². The fourth-order valence-electron chi connectivity index (χ4n) is 5.50. The van der Waals surface area contributed by atoms with Crippen LogP contribution in [0.25, 0.3) is 5.69 Å². The first kappa shape index (κ1) is 23.9. The number of nitrogens with zero attached hydrogens (tertiary/aromatic N) is 2. The van der Waals surface area contributed by atoms with Gasteiger partial charge in [0.1, 0.15) is 5.75 Å². The van der Waals surface area contributed by atoms with Crippen LogP contribution >= 0.6 is 0 Å². The van der Waals surface area contributed by atoms with Gasteiger partial charge in [-0.25, -0.2) is 4.98 Å². The summed E-state index contributed by atoms with van der Waals surface area (Å²) in [5.41, 5.74) is 2.09. The van der Waals surface area contributed by atoms with E-state index in [4.69, 9.17) is 9.47 Å². The first-order valence-corrected chi connectivity index (χ1v) is 12.1. The molecular weight excluding hydrogens is 455 g/mol. The van der Waals surface area contributed by atoms with Gasteiger partial charge in [0, 0.05) is 29.6 Å². The second-order valence-electron chi connectivity index (χ2n) is 9.69. The molecule has 186 valence electrons. The fraction of sp³-hybridized carbons (Fsp3) is 0.444. The molecule has 8 heteroatoms. The molecule has 0 radical (unpaired) electrons. The monoisotopic (exact) mass is 485 g/mol. The van der Waals surface area contributed by atoms with Gasteiger partial charge < -0.3 is 14.8 Å². The lowest BCUT2D eigenvalue weighted by molar-refractivity contribution is -0.145. The SMILES string of the molecule is CC(C)Oc1ccc(-n2ccnc2C(F)(F)F)cc1C1COC2(CCCNC2c2ccccc2)C1. The molecule has 3 atom stereocenters. The van der Waals surface area contributed by atoms with Crippen LogP contribution in [-0.4, -0.2) is 34.4 Å². The van der Waals surface area contributed by atoms with Crippen molar-refractivity contribution in [3.63, 3.8) is 0 Å². The van der Waals surface area contributed by atoms with Crippen LogP contribution in [0.4, 0.5) is 13.2 Å². The lowest BCUT2D eigenvalue weighted by Crippen LogP contribution is -2.48. The van der Waals surface area contributed by atoms with Gasteiger partial charge in [-0.15, -0.1) is 0 Å². The molecule has 5 nitrogen and oxygen atoms in total. The number of ether oxygens (including phenoxy) is 2. The van der Waals surface area contributed by atoms with Crippen molar-refractivity contribution in [3.05, 3.63) is 77.9 Å². The van der Waals surface area contributed by atoms with Crippen molar-refractivity contribution in [2.45, 2.75) is 63.0 Å². The zero-order valence-corrected chi connectivity index (χ0v) is 19.9. The fourth-order valence-corrected chi connectivity index (χ4v) is 5.50. The smallest absolute Gasteiger partial charge is 0.450 e. The summed E-state index contributed by atoms with van der Waals surface area (Å²) in [6.07, 6.45) is 0.594. The van der Waals surface area contributed by atoms with Crippen LogP contribution in [-0.2, 0) is 10.9 Å². The Hall–Kier alpha value is -2.84. The third-order valence-electron chi connectivity index (χ3n) is 6.92. The summed E-state index contributed by atoms with van der Waals surface area (Å²) in [4.78, 5) is 3.55. The number of benzene rings is 2. The van der Waals surface area contributed by atoms with E-state index in [1.54, 1.807) is 18.2 Å². The van der Waals surface area contributed by atoms with Gasteiger partial charge in [-0.3, -0.25) is 4.57 Å². The number of hydrogen-bond donors (Lipinski definition) is 1. The highest BCUT2D eigenvalue weighted by atomic mass is 19.4. The Kier molecular flexibility index (Phi) is 6.36. The molecule has 1 spiro atoms. The highest BCUT2D eigenvalue weighted by Crippen LogP contribution is 2.50. The average molecular weight is 486 g/mol. The summed E-state index contributed by atoms with van der Waals surface area (Å²) in [6, 6.07) is 15.6. The standard InChI is InChI=1S/C27H30F3N3O2/c1-18(2)35-23-10-9-21(33-14-13-32-25(33)27(28,29)30)15-22(23)20-16-26(34-17-20)11-6-12-31-24(26)19-7-4-3-5-8-19/h3-5,7-10,13-15,18,20,24,31H,6,11-12,16-17H2,1-2H3. The minimum atomic E-state index is -4.55. The molecule has 2 saturated heterocycles. The molecule has 0 bridgehead atoms. The molecule has 35 heavy (non-hydrogen) atoms. The molecule has 3 heterocycles. The van der Waals surface area contributed by atoms with Crippen LogP contribution in [0.3, 0.4) is 0 Å². The first-order valence-electron chi connectivity index (χ1n) is 12.1. The lowest BCUT2D eigenvalue weighted by Gasteiger charge is -2.41. The van der Waals surface area contributed by atoms with Gasteiger partial charge in [0.15, 0.2) is 0 Å². The van der Waals surface area contributed by atoms with Crippen molar-refractivity contribution in [1.82, 2.24) is 14.9 Å². The molecule has 3 aromatic rings. The van der Waals surface area contributed by atoms with Crippen molar-refractivity contribution < 1.29 is 22.6 Å². The minimum Gasteiger partial charge on any atom is -0.491 e. The third kappa shape index (κ3) is 4.69. The molecule has 2 fully saturated rings. The van der Waals surface area contributed by atoms with Crippen molar-refractivity contribution in [3.8, 4) is 11.4 Å². The largest absolute Gasteiger partial charge is 0.491 e. The van der Waals surface area contributed by atoms with Crippen LogP contribution in [0, 0.1) is 0 Å². The zero-order valence-electron chi connectivity index (χ0n) is 19.9. The summed E-state index contributed by atoms with van der Waals surface area (Å²) >= 11 is 0. The summed E-state index contributed by atoms with van der Waals surface area (Å²) in [5.74, 6) is -0.267. The van der Waals surface area contributed by atoms with E-state index >= 15 is 0 Å². The highest BCUT2D eigenvalue weighted by molar-refractivity contribution is 5.48. The van der Waals surface area contributed by atoms with E-state index in [1.807, 2.05) is 32.0 Å². The van der Waals surface area contributed by atoms with E-state index in [1.165, 1.54) is 18.0 Å². The summed E-state index contributed by atoms with van der Waals surface area (Å²) in [6.45, 7) is 5.29. The van der Waals surface area contributed by atoms with Crippen LogP contribution in [0.5, 0.6) is 5.75 Å². The zero-order chi connectivity index (χ0) is 24.6. The predicted molar refractivity (Wildman–Crippen MR) is 127 cm³/mol. The molecule has 1 N–H and O–H groups in total. The topological polar surface area (TPSA) is 48.3 Å². The molecular formula is C27H30F3N3O2. The number of hydrogen-bond acceptors (Lipinski definition) is 4. The molecule has 0 saturated carbocycles.